The van der Waals surface area contributed by atoms with Gasteiger partial charge in [0.1, 0.15) is 5.75 Å². The van der Waals surface area contributed by atoms with Gasteiger partial charge in [0.25, 0.3) is 0 Å². The average molecular weight is 243 g/mol. The van der Waals surface area contributed by atoms with Crippen molar-refractivity contribution in [2.24, 2.45) is 0 Å². The average Bonchev–Trinajstić information content (AvgIpc) is 2.37. The lowest BCUT2D eigenvalue weighted by atomic mass is 10.2. The predicted octanol–water partition coefficient (Wildman–Crippen LogP) is 2.59. The Labute approximate surface area is 107 Å². The Morgan fingerprint density at radius 2 is 2.11 bits per heavy atom. The summed E-state index contributed by atoms with van der Waals surface area (Å²) in [4.78, 5) is 4.42. The van der Waals surface area contributed by atoms with Gasteiger partial charge in [-0.05, 0) is 31.2 Å². The van der Waals surface area contributed by atoms with Gasteiger partial charge in [-0.3, -0.25) is 4.98 Å². The van der Waals surface area contributed by atoms with Gasteiger partial charge in [-0.15, -0.1) is 0 Å². The molecular formula is C14H17N3O. The van der Waals surface area contributed by atoms with Crippen LogP contribution in [0.25, 0.3) is 0 Å². The van der Waals surface area contributed by atoms with E-state index in [1.807, 2.05) is 37.3 Å². The van der Waals surface area contributed by atoms with Crippen molar-refractivity contribution < 1.29 is 4.74 Å². The number of aromatic nitrogens is 1. The molecule has 1 aromatic carbocycles. The molecule has 0 bridgehead atoms. The van der Waals surface area contributed by atoms with Crippen molar-refractivity contribution >= 4 is 11.4 Å². The second-order valence-corrected chi connectivity index (χ2v) is 4.08. The first-order valence-corrected chi connectivity index (χ1v) is 5.79. The minimum absolute atomic E-state index is 0.651. The predicted molar refractivity (Wildman–Crippen MR) is 73.7 cm³/mol. The smallest absolute Gasteiger partial charge is 0.121 e. The molecular weight excluding hydrogens is 226 g/mol. The van der Waals surface area contributed by atoms with Crippen LogP contribution in [0.15, 0.2) is 36.4 Å². The van der Waals surface area contributed by atoms with E-state index >= 15 is 0 Å². The van der Waals surface area contributed by atoms with Crippen molar-refractivity contribution in [3.8, 4) is 5.75 Å². The maximum atomic E-state index is 5.93. The minimum Gasteiger partial charge on any atom is -0.497 e. The summed E-state index contributed by atoms with van der Waals surface area (Å²) >= 11 is 0. The number of nitrogen functional groups attached to an aromatic ring is 1. The first kappa shape index (κ1) is 12.2. The zero-order valence-corrected chi connectivity index (χ0v) is 10.6. The van der Waals surface area contributed by atoms with Crippen LogP contribution in [0.5, 0.6) is 5.75 Å². The molecule has 0 unspecified atom stereocenters. The van der Waals surface area contributed by atoms with Gasteiger partial charge in [-0.2, -0.15) is 0 Å². The molecule has 0 fully saturated rings. The fraction of sp³-hybridized carbons (Fsp3) is 0.214. The molecule has 4 nitrogen and oxygen atoms in total. The summed E-state index contributed by atoms with van der Waals surface area (Å²) in [5.74, 6) is 0.756. The molecule has 3 N–H and O–H groups in total. The molecule has 0 amide bonds. The maximum absolute atomic E-state index is 5.93. The number of benzene rings is 1. The third-order valence-corrected chi connectivity index (χ3v) is 2.66. The number of ether oxygens (including phenoxy) is 1. The van der Waals surface area contributed by atoms with Crippen LogP contribution >= 0.6 is 0 Å². The van der Waals surface area contributed by atoms with Crippen molar-refractivity contribution in [2.75, 3.05) is 18.2 Å². The Kier molecular flexibility index (Phi) is 3.67. The van der Waals surface area contributed by atoms with Crippen LogP contribution in [0.1, 0.15) is 11.4 Å². The molecule has 18 heavy (non-hydrogen) atoms. The Morgan fingerprint density at radius 3 is 2.78 bits per heavy atom. The van der Waals surface area contributed by atoms with E-state index in [0.29, 0.717) is 12.2 Å². The Hall–Kier alpha value is -2.23. The topological polar surface area (TPSA) is 60.2 Å². The monoisotopic (exact) mass is 243 g/mol. The molecule has 0 aliphatic rings. The molecule has 0 saturated heterocycles. The third kappa shape index (κ3) is 2.91. The molecule has 94 valence electrons. The number of pyridine rings is 1. The number of hydrogen-bond donors (Lipinski definition) is 2. The van der Waals surface area contributed by atoms with E-state index < -0.39 is 0 Å². The summed E-state index contributed by atoms with van der Waals surface area (Å²) in [6.45, 7) is 2.63. The highest BCUT2D eigenvalue weighted by atomic mass is 16.5. The van der Waals surface area contributed by atoms with Crippen molar-refractivity contribution in [1.29, 1.82) is 0 Å². The quantitative estimate of drug-likeness (QED) is 0.810. The van der Waals surface area contributed by atoms with Gasteiger partial charge in [0.05, 0.1) is 30.7 Å². The molecule has 0 atom stereocenters. The summed E-state index contributed by atoms with van der Waals surface area (Å²) in [7, 11) is 1.62. The molecule has 0 aliphatic heterocycles. The van der Waals surface area contributed by atoms with Crippen LogP contribution in [0, 0.1) is 6.92 Å². The van der Waals surface area contributed by atoms with Gasteiger partial charge in [-0.1, -0.05) is 6.07 Å². The SMILES string of the molecule is COc1ccc(NCc2cccc(C)n2)c(N)c1. The largest absolute Gasteiger partial charge is 0.497 e. The number of anilines is 2. The summed E-state index contributed by atoms with van der Waals surface area (Å²) < 4.78 is 5.11. The molecule has 2 aromatic rings. The van der Waals surface area contributed by atoms with E-state index in [1.165, 1.54) is 0 Å². The minimum atomic E-state index is 0.651. The Bertz CT molecular complexity index is 540. The van der Waals surface area contributed by atoms with Crippen molar-refractivity contribution in [3.63, 3.8) is 0 Å². The number of hydrogen-bond acceptors (Lipinski definition) is 4. The van der Waals surface area contributed by atoms with Crippen molar-refractivity contribution in [2.45, 2.75) is 13.5 Å². The summed E-state index contributed by atoms with van der Waals surface area (Å²) in [5, 5.41) is 3.26. The lowest BCUT2D eigenvalue weighted by molar-refractivity contribution is 0.415. The van der Waals surface area contributed by atoms with Crippen LogP contribution in [-0.2, 0) is 6.54 Å². The molecule has 0 radical (unpaired) electrons. The molecule has 4 heteroatoms. The third-order valence-electron chi connectivity index (χ3n) is 2.66. The lowest BCUT2D eigenvalue weighted by Gasteiger charge is -2.10. The Balaban J connectivity index is 2.06. The zero-order valence-electron chi connectivity index (χ0n) is 10.6. The van der Waals surface area contributed by atoms with Crippen molar-refractivity contribution in [1.82, 2.24) is 4.98 Å². The molecule has 0 saturated carbocycles. The molecule has 1 heterocycles. The highest BCUT2D eigenvalue weighted by molar-refractivity contribution is 5.68. The first-order valence-electron chi connectivity index (χ1n) is 5.79. The number of nitrogens with one attached hydrogen (secondary N) is 1. The standard InChI is InChI=1S/C14H17N3O/c1-10-4-3-5-11(17-10)9-16-14-7-6-12(18-2)8-13(14)15/h3-8,16H,9,15H2,1-2H3. The first-order chi connectivity index (χ1) is 8.69. The number of rotatable bonds is 4. The lowest BCUT2D eigenvalue weighted by Crippen LogP contribution is -2.04. The number of methoxy groups -OCH3 is 1. The number of nitrogens with two attached hydrogens (primary N) is 1. The zero-order chi connectivity index (χ0) is 13.0. The van der Waals surface area contributed by atoms with E-state index in [-0.39, 0.29) is 0 Å². The van der Waals surface area contributed by atoms with Crippen LogP contribution in [0.3, 0.4) is 0 Å². The van der Waals surface area contributed by atoms with Gasteiger partial charge in [-0.25, -0.2) is 0 Å². The van der Waals surface area contributed by atoms with Gasteiger partial charge >= 0.3 is 0 Å². The van der Waals surface area contributed by atoms with E-state index in [2.05, 4.69) is 10.3 Å². The summed E-state index contributed by atoms with van der Waals surface area (Å²) in [6.07, 6.45) is 0. The highest BCUT2D eigenvalue weighted by Gasteiger charge is 2.01. The number of aryl methyl sites for hydroxylation is 1. The Morgan fingerprint density at radius 1 is 1.28 bits per heavy atom. The van der Waals surface area contributed by atoms with Crippen LogP contribution in [-0.4, -0.2) is 12.1 Å². The molecule has 1 aromatic heterocycles. The van der Waals surface area contributed by atoms with E-state index in [1.54, 1.807) is 13.2 Å². The second kappa shape index (κ2) is 5.40. The molecule has 0 spiro atoms. The van der Waals surface area contributed by atoms with Gasteiger partial charge in [0.2, 0.25) is 0 Å². The molecule has 0 aliphatic carbocycles. The van der Waals surface area contributed by atoms with Crippen molar-refractivity contribution in [3.05, 3.63) is 47.8 Å². The summed E-state index contributed by atoms with van der Waals surface area (Å²) in [5.41, 5.74) is 9.49. The maximum Gasteiger partial charge on any atom is 0.121 e. The van der Waals surface area contributed by atoms with Gasteiger partial charge in [0, 0.05) is 11.8 Å². The molecule has 2 rings (SSSR count). The van der Waals surface area contributed by atoms with Crippen LogP contribution in [0.2, 0.25) is 0 Å². The van der Waals surface area contributed by atoms with Crippen LogP contribution in [0.4, 0.5) is 11.4 Å². The normalized spacial score (nSPS) is 10.1. The fourth-order valence-electron chi connectivity index (χ4n) is 1.71. The second-order valence-electron chi connectivity index (χ2n) is 4.08. The summed E-state index contributed by atoms with van der Waals surface area (Å²) in [6, 6.07) is 11.5. The van der Waals surface area contributed by atoms with E-state index in [9.17, 15) is 0 Å². The van der Waals surface area contributed by atoms with Gasteiger partial charge < -0.3 is 15.8 Å². The van der Waals surface area contributed by atoms with E-state index in [0.717, 1.165) is 22.8 Å². The van der Waals surface area contributed by atoms with Gasteiger partial charge in [0.15, 0.2) is 0 Å². The van der Waals surface area contributed by atoms with E-state index in [4.69, 9.17) is 10.5 Å². The number of nitrogens with zero attached hydrogens (tertiary/aromatic N) is 1. The van der Waals surface area contributed by atoms with Crippen LogP contribution < -0.4 is 15.8 Å². The highest BCUT2D eigenvalue weighted by Crippen LogP contribution is 2.24. The fourth-order valence-corrected chi connectivity index (χ4v) is 1.71.